The fourth-order valence-corrected chi connectivity index (χ4v) is 5.98. The number of halogens is 2. The summed E-state index contributed by atoms with van der Waals surface area (Å²) in [6.07, 6.45) is 4.60. The number of nitrogens with two attached hydrogens (primary N) is 1. The average molecular weight is 505 g/mol. The molecule has 37 heavy (non-hydrogen) atoms. The van der Waals surface area contributed by atoms with Crippen molar-refractivity contribution in [2.75, 3.05) is 32.0 Å². The van der Waals surface area contributed by atoms with Crippen molar-refractivity contribution in [3.05, 3.63) is 70.4 Å². The smallest absolute Gasteiger partial charge is 0.254 e. The van der Waals surface area contributed by atoms with Gasteiger partial charge in [0.2, 0.25) is 5.95 Å². The predicted octanol–water partition coefficient (Wildman–Crippen LogP) is 4.88. The third-order valence-corrected chi connectivity index (χ3v) is 7.89. The van der Waals surface area contributed by atoms with Crippen LogP contribution in [0.4, 0.5) is 14.6 Å². The number of nitrogens with zero attached hydrogens (tertiary/aromatic N) is 1. The minimum atomic E-state index is -0.664. The van der Waals surface area contributed by atoms with Crippen LogP contribution < -0.4 is 16.4 Å². The number of hydrogen-bond donors (Lipinski definition) is 3. The van der Waals surface area contributed by atoms with Gasteiger partial charge in [-0.25, -0.2) is 9.37 Å². The van der Waals surface area contributed by atoms with E-state index in [0.717, 1.165) is 45.4 Å². The lowest BCUT2D eigenvalue weighted by molar-refractivity contribution is 0.0850. The van der Waals surface area contributed by atoms with Gasteiger partial charge in [-0.05, 0) is 96.6 Å². The zero-order valence-corrected chi connectivity index (χ0v) is 20.6. The predicted molar refractivity (Wildman–Crippen MR) is 138 cm³/mol. The molecule has 2 saturated heterocycles. The molecular weight excluding hydrogens is 474 g/mol. The number of pyridine rings is 1. The highest BCUT2D eigenvalue weighted by molar-refractivity contribution is 5.98. The van der Waals surface area contributed by atoms with E-state index in [9.17, 15) is 9.18 Å². The molecule has 3 aromatic rings. The second kappa shape index (κ2) is 9.84. The third kappa shape index (κ3) is 4.49. The molecule has 6 rings (SSSR count). The van der Waals surface area contributed by atoms with Gasteiger partial charge in [-0.1, -0.05) is 12.1 Å². The van der Waals surface area contributed by atoms with E-state index >= 15 is 4.39 Å². The van der Waals surface area contributed by atoms with Crippen LogP contribution in [0.5, 0.6) is 0 Å². The first-order chi connectivity index (χ1) is 18.0. The largest absolute Gasteiger partial charge is 0.383 e. The molecular formula is C29H30F2N4O2. The van der Waals surface area contributed by atoms with E-state index in [1.807, 2.05) is 6.07 Å². The van der Waals surface area contributed by atoms with Gasteiger partial charge in [0.15, 0.2) is 0 Å². The van der Waals surface area contributed by atoms with Crippen molar-refractivity contribution in [1.29, 1.82) is 0 Å². The van der Waals surface area contributed by atoms with Gasteiger partial charge >= 0.3 is 0 Å². The summed E-state index contributed by atoms with van der Waals surface area (Å²) in [5, 5.41) is 6.26. The van der Waals surface area contributed by atoms with Gasteiger partial charge in [-0.15, -0.1) is 0 Å². The monoisotopic (exact) mass is 504 g/mol. The van der Waals surface area contributed by atoms with Crippen LogP contribution in [0.1, 0.15) is 64.7 Å². The zero-order valence-electron chi connectivity index (χ0n) is 20.6. The molecule has 0 unspecified atom stereocenters. The number of rotatable bonds is 4. The summed E-state index contributed by atoms with van der Waals surface area (Å²) in [6, 6.07) is 11.1. The Morgan fingerprint density at radius 3 is 2.57 bits per heavy atom. The molecule has 0 aliphatic carbocycles. The fraction of sp³-hybridized carbons (Fsp3) is 0.379. The lowest BCUT2D eigenvalue weighted by Crippen LogP contribution is -2.32. The molecule has 4 N–H and O–H groups in total. The van der Waals surface area contributed by atoms with Crippen LogP contribution in [0.3, 0.4) is 0 Å². The minimum absolute atomic E-state index is 0.0163. The lowest BCUT2D eigenvalue weighted by atomic mass is 9.84. The number of carbonyl (C=O) groups is 1. The first-order valence-corrected chi connectivity index (χ1v) is 13.0. The van der Waals surface area contributed by atoms with Gasteiger partial charge in [0, 0.05) is 36.9 Å². The Morgan fingerprint density at radius 1 is 0.946 bits per heavy atom. The molecule has 192 valence electrons. The molecule has 0 saturated carbocycles. The molecule has 1 amide bonds. The average Bonchev–Trinajstić information content (AvgIpc) is 3.44. The highest BCUT2D eigenvalue weighted by atomic mass is 19.1. The molecule has 1 atom stereocenters. The fourth-order valence-electron chi connectivity index (χ4n) is 5.98. The second-order valence-corrected chi connectivity index (χ2v) is 10.1. The molecule has 6 nitrogen and oxygen atoms in total. The molecule has 0 bridgehead atoms. The highest BCUT2D eigenvalue weighted by Crippen LogP contribution is 2.39. The molecule has 2 aromatic carbocycles. The van der Waals surface area contributed by atoms with Crippen LogP contribution in [-0.2, 0) is 11.2 Å². The Bertz CT molecular complexity index is 1360. The van der Waals surface area contributed by atoms with Gasteiger partial charge in [-0.2, -0.15) is 4.39 Å². The molecule has 1 aromatic heterocycles. The van der Waals surface area contributed by atoms with Crippen molar-refractivity contribution in [3.63, 3.8) is 0 Å². The van der Waals surface area contributed by atoms with Crippen molar-refractivity contribution in [2.45, 2.75) is 44.1 Å². The Hall–Kier alpha value is -3.36. The van der Waals surface area contributed by atoms with Crippen molar-refractivity contribution < 1.29 is 18.3 Å². The Kier molecular flexibility index (Phi) is 6.38. The van der Waals surface area contributed by atoms with Crippen molar-refractivity contribution in [3.8, 4) is 22.3 Å². The Labute approximate surface area is 214 Å². The van der Waals surface area contributed by atoms with E-state index in [4.69, 9.17) is 10.5 Å². The number of carbonyl (C=O) groups excluding carboxylic acids is 1. The maximum absolute atomic E-state index is 15.2. The first-order valence-electron chi connectivity index (χ1n) is 13.0. The SMILES string of the molecule is Nc1nc(F)c(-c2ccc(C3CCOCC3)c([C@@H]3CCCN3)c2)cc1-c1cc(F)c2c(c1)CCNC2=O. The number of nitrogens with one attached hydrogen (secondary N) is 2. The molecule has 3 aliphatic heterocycles. The van der Waals surface area contributed by atoms with Gasteiger partial charge in [0.1, 0.15) is 11.6 Å². The van der Waals surface area contributed by atoms with Crippen LogP contribution in [-0.4, -0.2) is 37.2 Å². The summed E-state index contributed by atoms with van der Waals surface area (Å²) in [5.41, 5.74) is 11.2. The second-order valence-electron chi connectivity index (χ2n) is 10.1. The maximum Gasteiger partial charge on any atom is 0.254 e. The standard InChI is InChI=1S/C29H30F2N4O2/c30-24-14-19(12-18-5-9-34-29(36)26(18)24)22-15-21(27(31)35-28(22)32)17-3-4-20(16-6-10-37-11-7-16)23(13-17)25-2-1-8-33-25/h3-4,12-16,25,33H,1-2,5-11H2,(H2,32,35)(H,34,36)/t25-/m0/s1. The normalized spacial score (nSPS) is 20.1. The van der Waals surface area contributed by atoms with E-state index in [-0.39, 0.29) is 17.4 Å². The number of anilines is 1. The first kappa shape index (κ1) is 24.0. The topological polar surface area (TPSA) is 89.3 Å². The van der Waals surface area contributed by atoms with Crippen LogP contribution in [0, 0.1) is 11.8 Å². The quantitative estimate of drug-likeness (QED) is 0.441. The molecule has 4 heterocycles. The molecule has 8 heteroatoms. The summed E-state index contributed by atoms with van der Waals surface area (Å²) < 4.78 is 35.8. The highest BCUT2D eigenvalue weighted by Gasteiger charge is 2.27. The summed E-state index contributed by atoms with van der Waals surface area (Å²) in [5.74, 6) is -1.30. The van der Waals surface area contributed by atoms with Crippen LogP contribution in [0.25, 0.3) is 22.3 Å². The van der Waals surface area contributed by atoms with Crippen LogP contribution in [0.2, 0.25) is 0 Å². The van der Waals surface area contributed by atoms with Gasteiger partial charge in [0.25, 0.3) is 5.91 Å². The number of hydrogen-bond acceptors (Lipinski definition) is 5. The van der Waals surface area contributed by atoms with Gasteiger partial charge in [-0.3, -0.25) is 4.79 Å². The number of aromatic nitrogens is 1. The lowest BCUT2D eigenvalue weighted by Gasteiger charge is -2.27. The summed E-state index contributed by atoms with van der Waals surface area (Å²) in [7, 11) is 0. The number of benzene rings is 2. The van der Waals surface area contributed by atoms with E-state index in [2.05, 4.69) is 27.8 Å². The third-order valence-electron chi connectivity index (χ3n) is 7.89. The summed E-state index contributed by atoms with van der Waals surface area (Å²) in [6.45, 7) is 2.91. The maximum atomic E-state index is 15.2. The number of fused-ring (bicyclic) bond motifs is 1. The minimum Gasteiger partial charge on any atom is -0.383 e. The van der Waals surface area contributed by atoms with Crippen LogP contribution in [0.15, 0.2) is 36.4 Å². The molecule has 3 aliphatic rings. The number of amides is 1. The molecule has 2 fully saturated rings. The molecule has 0 spiro atoms. The zero-order chi connectivity index (χ0) is 25.5. The van der Waals surface area contributed by atoms with Crippen molar-refractivity contribution in [2.24, 2.45) is 0 Å². The van der Waals surface area contributed by atoms with E-state index < -0.39 is 17.7 Å². The summed E-state index contributed by atoms with van der Waals surface area (Å²) >= 11 is 0. The Morgan fingerprint density at radius 2 is 1.78 bits per heavy atom. The molecule has 0 radical (unpaired) electrons. The van der Waals surface area contributed by atoms with E-state index in [1.165, 1.54) is 17.2 Å². The Balaban J connectivity index is 1.44. The number of nitrogen functional groups attached to an aromatic ring is 1. The summed E-state index contributed by atoms with van der Waals surface area (Å²) in [4.78, 5) is 16.1. The van der Waals surface area contributed by atoms with E-state index in [1.54, 1.807) is 12.1 Å². The van der Waals surface area contributed by atoms with Crippen molar-refractivity contribution >= 4 is 11.7 Å². The number of ether oxygens (including phenoxy) is 1. The van der Waals surface area contributed by atoms with Gasteiger partial charge in [0.05, 0.1) is 5.56 Å². The van der Waals surface area contributed by atoms with Crippen molar-refractivity contribution in [1.82, 2.24) is 15.6 Å². The van der Waals surface area contributed by atoms with Crippen LogP contribution >= 0.6 is 0 Å². The van der Waals surface area contributed by atoms with E-state index in [0.29, 0.717) is 46.7 Å². The van der Waals surface area contributed by atoms with Gasteiger partial charge < -0.3 is 21.1 Å².